The minimum Gasteiger partial charge on any atom is -0.354 e. The standard InChI is InChI=1S/C48H34N2/c49-46(34-19-7-2-8-20-34)45(47-39-26-14-13-21-35(39)32-44(50-47)33-17-5-1-6-18-33)36-29-30-41-40-27-15-16-28-42(40)48(43(41)31-36,37-22-9-3-10-23-37)38-24-11-4-12-25-38/h1-32,49-50H/b47-45-,49-46?. The van der Waals surface area contributed by atoms with E-state index in [0.29, 0.717) is 5.71 Å². The van der Waals surface area contributed by atoms with Crippen molar-refractivity contribution in [1.82, 2.24) is 5.32 Å². The van der Waals surface area contributed by atoms with Gasteiger partial charge in [0, 0.05) is 22.4 Å². The van der Waals surface area contributed by atoms with Crippen LogP contribution in [-0.4, -0.2) is 5.71 Å². The van der Waals surface area contributed by atoms with Crippen molar-refractivity contribution in [3.63, 3.8) is 0 Å². The Bertz CT molecular complexity index is 2400. The Kier molecular flexibility index (Phi) is 7.21. The molecule has 0 bridgehead atoms. The molecule has 9 rings (SSSR count). The second kappa shape index (κ2) is 12.2. The predicted octanol–water partition coefficient (Wildman–Crippen LogP) is 11.1. The molecule has 2 nitrogen and oxygen atoms in total. The van der Waals surface area contributed by atoms with Gasteiger partial charge in [-0.15, -0.1) is 0 Å². The van der Waals surface area contributed by atoms with E-state index in [1.165, 1.54) is 33.4 Å². The summed E-state index contributed by atoms with van der Waals surface area (Å²) in [5, 5.41) is 13.8. The first-order chi connectivity index (χ1) is 24.7. The SMILES string of the molecule is N=C(/C(=C1\NC(c2ccccc2)=Cc2ccccc21)c1ccc2c(c1)C(c1ccccc1)(c1ccccc1)c1ccccc1-2)c1ccccc1. The smallest absolute Gasteiger partial charge is 0.0713 e. The summed E-state index contributed by atoms with van der Waals surface area (Å²) in [6, 6.07) is 66.5. The fourth-order valence-corrected chi connectivity index (χ4v) is 7.98. The van der Waals surface area contributed by atoms with Crippen LogP contribution in [0.15, 0.2) is 188 Å². The van der Waals surface area contributed by atoms with Crippen molar-refractivity contribution in [3.8, 4) is 11.1 Å². The molecule has 2 heteroatoms. The van der Waals surface area contributed by atoms with Gasteiger partial charge in [-0.25, -0.2) is 0 Å². The first-order valence-electron chi connectivity index (χ1n) is 17.1. The third kappa shape index (κ3) is 4.69. The van der Waals surface area contributed by atoms with Gasteiger partial charge in [0.1, 0.15) is 0 Å². The summed E-state index contributed by atoms with van der Waals surface area (Å²) in [4.78, 5) is 0. The molecule has 1 aliphatic heterocycles. The van der Waals surface area contributed by atoms with Crippen molar-refractivity contribution in [1.29, 1.82) is 5.41 Å². The number of hydrogen-bond donors (Lipinski definition) is 2. The van der Waals surface area contributed by atoms with Gasteiger partial charge in [-0.05, 0) is 62.2 Å². The fraction of sp³-hybridized carbons (Fsp3) is 0.0208. The predicted molar refractivity (Wildman–Crippen MR) is 208 cm³/mol. The number of benzene rings is 7. The van der Waals surface area contributed by atoms with E-state index in [9.17, 15) is 5.41 Å². The van der Waals surface area contributed by atoms with Gasteiger partial charge in [-0.3, -0.25) is 5.41 Å². The summed E-state index contributed by atoms with van der Waals surface area (Å²) < 4.78 is 0. The highest BCUT2D eigenvalue weighted by Crippen LogP contribution is 2.56. The zero-order valence-corrected chi connectivity index (χ0v) is 27.5. The van der Waals surface area contributed by atoms with Crippen LogP contribution in [0.3, 0.4) is 0 Å². The highest BCUT2D eigenvalue weighted by atomic mass is 14.9. The van der Waals surface area contributed by atoms with Crippen molar-refractivity contribution < 1.29 is 0 Å². The topological polar surface area (TPSA) is 35.9 Å². The minimum atomic E-state index is -0.540. The third-order valence-corrected chi connectivity index (χ3v) is 10.2. The van der Waals surface area contributed by atoms with E-state index in [1.54, 1.807) is 0 Å². The molecule has 7 aromatic carbocycles. The maximum Gasteiger partial charge on any atom is 0.0713 e. The van der Waals surface area contributed by atoms with Gasteiger partial charge >= 0.3 is 0 Å². The molecule has 0 spiro atoms. The highest BCUT2D eigenvalue weighted by Gasteiger charge is 2.46. The van der Waals surface area contributed by atoms with E-state index in [0.717, 1.165) is 44.8 Å². The summed E-state index contributed by atoms with van der Waals surface area (Å²) in [6.07, 6.45) is 2.22. The largest absolute Gasteiger partial charge is 0.354 e. The summed E-state index contributed by atoms with van der Waals surface area (Å²) in [6.45, 7) is 0. The molecule has 0 atom stereocenters. The molecular weight excluding hydrogens is 605 g/mol. The average Bonchev–Trinajstić information content (AvgIpc) is 3.49. The summed E-state index contributed by atoms with van der Waals surface area (Å²) in [5.41, 5.74) is 15.3. The van der Waals surface area contributed by atoms with Crippen molar-refractivity contribution in [2.24, 2.45) is 0 Å². The van der Waals surface area contributed by atoms with Crippen LogP contribution in [0.4, 0.5) is 0 Å². The Balaban J connectivity index is 1.36. The third-order valence-electron chi connectivity index (χ3n) is 10.2. The van der Waals surface area contributed by atoms with Crippen LogP contribution in [0.25, 0.3) is 34.2 Å². The van der Waals surface area contributed by atoms with Crippen LogP contribution < -0.4 is 5.32 Å². The maximum absolute atomic E-state index is 9.91. The van der Waals surface area contributed by atoms with Gasteiger partial charge in [0.05, 0.1) is 16.8 Å². The monoisotopic (exact) mass is 638 g/mol. The summed E-state index contributed by atoms with van der Waals surface area (Å²) in [5.74, 6) is 0. The number of allylic oxidation sites excluding steroid dienone is 1. The number of rotatable bonds is 6. The van der Waals surface area contributed by atoms with Crippen LogP contribution in [-0.2, 0) is 5.41 Å². The quantitative estimate of drug-likeness (QED) is 0.175. The van der Waals surface area contributed by atoms with Crippen LogP contribution >= 0.6 is 0 Å². The summed E-state index contributed by atoms with van der Waals surface area (Å²) in [7, 11) is 0. The van der Waals surface area contributed by atoms with Crippen LogP contribution in [0.1, 0.15) is 50.1 Å². The molecule has 0 aromatic heterocycles. The van der Waals surface area contributed by atoms with Gasteiger partial charge in [0.15, 0.2) is 0 Å². The van der Waals surface area contributed by atoms with E-state index in [1.807, 2.05) is 36.4 Å². The van der Waals surface area contributed by atoms with Gasteiger partial charge in [-0.1, -0.05) is 182 Å². The Hall–Kier alpha value is -6.51. The molecule has 236 valence electrons. The molecule has 0 radical (unpaired) electrons. The van der Waals surface area contributed by atoms with Crippen LogP contribution in [0, 0.1) is 5.41 Å². The van der Waals surface area contributed by atoms with Crippen molar-refractivity contribution in [3.05, 3.63) is 238 Å². The molecule has 7 aromatic rings. The number of fused-ring (bicyclic) bond motifs is 4. The lowest BCUT2D eigenvalue weighted by molar-refractivity contribution is 0.768. The molecule has 2 N–H and O–H groups in total. The molecule has 50 heavy (non-hydrogen) atoms. The molecule has 0 amide bonds. The first kappa shape index (κ1) is 29.6. The fourth-order valence-electron chi connectivity index (χ4n) is 7.98. The normalized spacial score (nSPS) is 14.8. The highest BCUT2D eigenvalue weighted by molar-refractivity contribution is 6.36. The van der Waals surface area contributed by atoms with Crippen molar-refractivity contribution in [2.75, 3.05) is 0 Å². The summed E-state index contributed by atoms with van der Waals surface area (Å²) >= 11 is 0. The Labute approximate surface area is 293 Å². The Morgan fingerprint density at radius 2 is 1.00 bits per heavy atom. The van der Waals surface area contributed by atoms with Crippen LogP contribution in [0.5, 0.6) is 0 Å². The number of hydrogen-bond acceptors (Lipinski definition) is 2. The van der Waals surface area contributed by atoms with Gasteiger partial charge in [-0.2, -0.15) is 0 Å². The molecule has 0 saturated carbocycles. The van der Waals surface area contributed by atoms with Crippen molar-refractivity contribution >= 4 is 28.8 Å². The van der Waals surface area contributed by atoms with E-state index >= 15 is 0 Å². The molecule has 0 unspecified atom stereocenters. The molecule has 0 fully saturated rings. The molecule has 1 heterocycles. The minimum absolute atomic E-state index is 0.470. The second-order valence-corrected chi connectivity index (χ2v) is 12.9. The van der Waals surface area contributed by atoms with Crippen LogP contribution in [0.2, 0.25) is 0 Å². The second-order valence-electron chi connectivity index (χ2n) is 12.9. The lowest BCUT2D eigenvalue weighted by atomic mass is 9.67. The molecule has 2 aliphatic rings. The van der Waals surface area contributed by atoms with Gasteiger partial charge in [0.25, 0.3) is 0 Å². The van der Waals surface area contributed by atoms with E-state index in [2.05, 4.69) is 163 Å². The Morgan fingerprint density at radius 3 is 1.68 bits per heavy atom. The Morgan fingerprint density at radius 1 is 0.460 bits per heavy atom. The average molecular weight is 639 g/mol. The van der Waals surface area contributed by atoms with Gasteiger partial charge < -0.3 is 5.32 Å². The van der Waals surface area contributed by atoms with Crippen molar-refractivity contribution in [2.45, 2.75) is 5.41 Å². The zero-order chi connectivity index (χ0) is 33.5. The zero-order valence-electron chi connectivity index (χ0n) is 27.5. The first-order valence-corrected chi connectivity index (χ1v) is 17.1. The lowest BCUT2D eigenvalue weighted by Gasteiger charge is -2.34. The van der Waals surface area contributed by atoms with E-state index < -0.39 is 5.41 Å². The number of nitrogens with one attached hydrogen (secondary N) is 2. The van der Waals surface area contributed by atoms with E-state index in [-0.39, 0.29) is 0 Å². The van der Waals surface area contributed by atoms with Gasteiger partial charge in [0.2, 0.25) is 0 Å². The lowest BCUT2D eigenvalue weighted by Crippen LogP contribution is -2.28. The maximum atomic E-state index is 9.91. The molecular formula is C48H34N2. The molecule has 1 aliphatic carbocycles. The van der Waals surface area contributed by atoms with E-state index in [4.69, 9.17) is 0 Å². The molecule has 0 saturated heterocycles.